The zero-order chi connectivity index (χ0) is 13.4. The number of halogens is 1. The van der Waals surface area contributed by atoms with Crippen molar-refractivity contribution >= 4 is 15.9 Å². The Morgan fingerprint density at radius 3 is 2.53 bits per heavy atom. The molecule has 19 heavy (non-hydrogen) atoms. The molecular weight excluding hydrogens is 300 g/mol. The Balaban J connectivity index is 1.56. The highest BCUT2D eigenvalue weighted by Gasteiger charge is 2.45. The van der Waals surface area contributed by atoms with Crippen LogP contribution in [0, 0.1) is 17.8 Å². The third-order valence-corrected chi connectivity index (χ3v) is 5.57. The molecule has 0 heterocycles. The molecule has 2 bridgehead atoms. The van der Waals surface area contributed by atoms with E-state index in [1.165, 1.54) is 24.8 Å². The zero-order valence-corrected chi connectivity index (χ0v) is 13.1. The number of hydrogen-bond donors (Lipinski definition) is 1. The van der Waals surface area contributed by atoms with Crippen molar-refractivity contribution in [3.63, 3.8) is 0 Å². The van der Waals surface area contributed by atoms with Crippen molar-refractivity contribution in [1.82, 2.24) is 4.90 Å². The second-order valence-corrected chi connectivity index (χ2v) is 7.31. The maximum absolute atomic E-state index is 6.39. The summed E-state index contributed by atoms with van der Waals surface area (Å²) in [7, 11) is 2.22. The number of benzene rings is 1. The molecule has 0 radical (unpaired) electrons. The van der Waals surface area contributed by atoms with Gasteiger partial charge in [0, 0.05) is 23.6 Å². The summed E-state index contributed by atoms with van der Waals surface area (Å²) in [5.74, 6) is 2.43. The van der Waals surface area contributed by atoms with Gasteiger partial charge in [-0.05, 0) is 61.8 Å². The van der Waals surface area contributed by atoms with Gasteiger partial charge in [0.05, 0.1) is 0 Å². The van der Waals surface area contributed by atoms with Gasteiger partial charge in [0.1, 0.15) is 0 Å². The van der Waals surface area contributed by atoms with E-state index in [2.05, 4.69) is 52.1 Å². The van der Waals surface area contributed by atoms with Gasteiger partial charge in [0.15, 0.2) is 0 Å². The molecule has 2 fully saturated rings. The molecule has 0 amide bonds. The van der Waals surface area contributed by atoms with Gasteiger partial charge in [0.2, 0.25) is 0 Å². The maximum atomic E-state index is 6.39. The standard InChI is InChI=1S/C16H23BrN2/c1-19(9-11-2-6-14(17)7-3-11)10-15-12-4-5-13(8-12)16(15)18/h2-3,6-7,12-13,15-16H,4-5,8-10,18H2,1H3. The van der Waals surface area contributed by atoms with Crippen molar-refractivity contribution in [2.45, 2.75) is 31.8 Å². The van der Waals surface area contributed by atoms with E-state index in [4.69, 9.17) is 5.73 Å². The first-order valence-corrected chi connectivity index (χ1v) is 8.11. The predicted octanol–water partition coefficient (Wildman–Crippen LogP) is 3.25. The predicted molar refractivity (Wildman–Crippen MR) is 82.8 cm³/mol. The molecule has 0 aliphatic heterocycles. The Labute approximate surface area is 124 Å². The second kappa shape index (κ2) is 5.55. The van der Waals surface area contributed by atoms with Crippen molar-refractivity contribution < 1.29 is 0 Å². The first-order valence-electron chi connectivity index (χ1n) is 7.32. The van der Waals surface area contributed by atoms with Crippen LogP contribution in [0.25, 0.3) is 0 Å². The molecular formula is C16H23BrN2. The molecule has 3 rings (SSSR count). The Bertz CT molecular complexity index is 429. The highest BCUT2D eigenvalue weighted by molar-refractivity contribution is 9.10. The monoisotopic (exact) mass is 322 g/mol. The maximum Gasteiger partial charge on any atom is 0.0230 e. The summed E-state index contributed by atoms with van der Waals surface area (Å²) in [5.41, 5.74) is 7.77. The van der Waals surface area contributed by atoms with Crippen molar-refractivity contribution in [3.8, 4) is 0 Å². The fraction of sp³-hybridized carbons (Fsp3) is 0.625. The van der Waals surface area contributed by atoms with E-state index >= 15 is 0 Å². The van der Waals surface area contributed by atoms with Crippen LogP contribution in [0.5, 0.6) is 0 Å². The Morgan fingerprint density at radius 1 is 1.21 bits per heavy atom. The van der Waals surface area contributed by atoms with Crippen LogP contribution in [-0.2, 0) is 6.54 Å². The Kier molecular flexibility index (Phi) is 3.97. The highest BCUT2D eigenvalue weighted by atomic mass is 79.9. The molecule has 0 spiro atoms. The van der Waals surface area contributed by atoms with E-state index in [-0.39, 0.29) is 0 Å². The van der Waals surface area contributed by atoms with E-state index in [1.807, 2.05) is 0 Å². The average Bonchev–Trinajstić information content (AvgIpc) is 2.96. The first kappa shape index (κ1) is 13.6. The quantitative estimate of drug-likeness (QED) is 0.922. The lowest BCUT2D eigenvalue weighted by molar-refractivity contribution is 0.194. The minimum Gasteiger partial charge on any atom is -0.327 e. The van der Waals surface area contributed by atoms with Crippen LogP contribution in [0.4, 0.5) is 0 Å². The third-order valence-electron chi connectivity index (χ3n) is 5.05. The lowest BCUT2D eigenvalue weighted by Crippen LogP contribution is -2.41. The summed E-state index contributed by atoms with van der Waals surface area (Å²) in [5, 5.41) is 0. The molecule has 2 saturated carbocycles. The fourth-order valence-corrected chi connectivity index (χ4v) is 4.32. The molecule has 4 atom stereocenters. The normalized spacial score (nSPS) is 33.3. The van der Waals surface area contributed by atoms with Crippen LogP contribution < -0.4 is 5.73 Å². The highest BCUT2D eigenvalue weighted by Crippen LogP contribution is 2.47. The van der Waals surface area contributed by atoms with Crippen molar-refractivity contribution in [3.05, 3.63) is 34.3 Å². The average molecular weight is 323 g/mol. The number of nitrogens with two attached hydrogens (primary N) is 1. The van der Waals surface area contributed by atoms with Gasteiger partial charge in [-0.1, -0.05) is 28.1 Å². The summed E-state index contributed by atoms with van der Waals surface area (Å²) < 4.78 is 1.15. The third kappa shape index (κ3) is 2.88. The largest absolute Gasteiger partial charge is 0.327 e. The van der Waals surface area contributed by atoms with Crippen LogP contribution >= 0.6 is 15.9 Å². The van der Waals surface area contributed by atoms with E-state index in [9.17, 15) is 0 Å². The Hall–Kier alpha value is -0.380. The lowest BCUT2D eigenvalue weighted by Gasteiger charge is -2.31. The van der Waals surface area contributed by atoms with Gasteiger partial charge in [-0.15, -0.1) is 0 Å². The number of rotatable bonds is 4. The van der Waals surface area contributed by atoms with E-state index in [0.717, 1.165) is 35.3 Å². The first-order chi connectivity index (χ1) is 9.13. The zero-order valence-electron chi connectivity index (χ0n) is 11.6. The topological polar surface area (TPSA) is 29.3 Å². The fourth-order valence-electron chi connectivity index (χ4n) is 4.05. The van der Waals surface area contributed by atoms with Crippen LogP contribution in [0.1, 0.15) is 24.8 Å². The van der Waals surface area contributed by atoms with E-state index in [1.54, 1.807) is 0 Å². The SMILES string of the molecule is CN(Cc1ccc(Br)cc1)CC1C2CCC(C2)C1N. The summed E-state index contributed by atoms with van der Waals surface area (Å²) in [6.45, 7) is 2.17. The molecule has 2 N–H and O–H groups in total. The van der Waals surface area contributed by atoms with Gasteiger partial charge in [-0.3, -0.25) is 0 Å². The van der Waals surface area contributed by atoms with Gasteiger partial charge < -0.3 is 10.6 Å². The van der Waals surface area contributed by atoms with Crippen LogP contribution in [0.3, 0.4) is 0 Å². The summed E-state index contributed by atoms with van der Waals surface area (Å²) in [6, 6.07) is 9.08. The minimum absolute atomic E-state index is 0.450. The van der Waals surface area contributed by atoms with Crippen LogP contribution in [0.2, 0.25) is 0 Å². The molecule has 104 valence electrons. The van der Waals surface area contributed by atoms with Gasteiger partial charge in [-0.25, -0.2) is 0 Å². The summed E-state index contributed by atoms with van der Waals surface area (Å²) in [4.78, 5) is 2.44. The number of fused-ring (bicyclic) bond motifs is 2. The van der Waals surface area contributed by atoms with Crippen molar-refractivity contribution in [2.24, 2.45) is 23.5 Å². The molecule has 2 aliphatic carbocycles. The van der Waals surface area contributed by atoms with Crippen molar-refractivity contribution in [1.29, 1.82) is 0 Å². The van der Waals surface area contributed by atoms with Gasteiger partial charge >= 0.3 is 0 Å². The molecule has 1 aromatic rings. The second-order valence-electron chi connectivity index (χ2n) is 6.40. The summed E-state index contributed by atoms with van der Waals surface area (Å²) >= 11 is 3.48. The number of hydrogen-bond acceptors (Lipinski definition) is 2. The van der Waals surface area contributed by atoms with E-state index < -0.39 is 0 Å². The molecule has 2 aliphatic rings. The Morgan fingerprint density at radius 2 is 1.89 bits per heavy atom. The molecule has 2 nitrogen and oxygen atoms in total. The minimum atomic E-state index is 0.450. The van der Waals surface area contributed by atoms with E-state index in [0.29, 0.717) is 6.04 Å². The van der Waals surface area contributed by atoms with Crippen molar-refractivity contribution in [2.75, 3.05) is 13.6 Å². The lowest BCUT2D eigenvalue weighted by atomic mass is 9.84. The smallest absolute Gasteiger partial charge is 0.0230 e. The van der Waals surface area contributed by atoms with Crippen LogP contribution in [0.15, 0.2) is 28.7 Å². The molecule has 0 aromatic heterocycles. The molecule has 3 heteroatoms. The molecule has 4 unspecified atom stereocenters. The van der Waals surface area contributed by atoms with Crippen LogP contribution in [-0.4, -0.2) is 24.5 Å². The summed E-state index contributed by atoms with van der Waals surface area (Å²) in [6.07, 6.45) is 4.17. The molecule has 1 aromatic carbocycles. The molecule has 0 saturated heterocycles. The van der Waals surface area contributed by atoms with Gasteiger partial charge in [0.25, 0.3) is 0 Å². The number of nitrogens with zero attached hydrogens (tertiary/aromatic N) is 1. The van der Waals surface area contributed by atoms with Gasteiger partial charge in [-0.2, -0.15) is 0 Å².